The summed E-state index contributed by atoms with van der Waals surface area (Å²) < 4.78 is 11.0. The smallest absolute Gasteiger partial charge is 0.258 e. The summed E-state index contributed by atoms with van der Waals surface area (Å²) in [4.78, 5) is 13.7. The molecule has 5 nitrogen and oxygen atoms in total. The second-order valence-electron chi connectivity index (χ2n) is 6.64. The number of hydrogen-bond acceptors (Lipinski definition) is 3. The average Bonchev–Trinajstić information content (AvgIpc) is 2.67. The van der Waals surface area contributed by atoms with Crippen molar-refractivity contribution in [3.63, 3.8) is 0 Å². The Morgan fingerprint density at radius 1 is 1.08 bits per heavy atom. The fraction of sp³-hybridized carbons (Fsp3) is 0.381. The number of aryl methyl sites for hydroxylation is 1. The largest absolute Gasteiger partial charge is 0.484 e. The van der Waals surface area contributed by atoms with E-state index in [1.807, 2.05) is 37.3 Å². The number of quaternary nitrogens is 1. The molecule has 2 N–H and O–H groups in total. The fourth-order valence-electron chi connectivity index (χ4n) is 3.12. The van der Waals surface area contributed by atoms with Gasteiger partial charge < -0.3 is 19.7 Å². The van der Waals surface area contributed by atoms with Crippen molar-refractivity contribution in [1.82, 2.24) is 5.32 Å². The Bertz CT molecular complexity index is 727. The Morgan fingerprint density at radius 2 is 1.77 bits per heavy atom. The molecule has 26 heavy (non-hydrogen) atoms. The number of hydrogen-bond donors (Lipinski definition) is 2. The highest BCUT2D eigenvalue weighted by atomic mass is 16.5. The number of para-hydroxylation sites is 1. The predicted octanol–water partition coefficient (Wildman–Crippen LogP) is 1.11. The quantitative estimate of drug-likeness (QED) is 0.782. The van der Waals surface area contributed by atoms with Gasteiger partial charge in [-0.25, -0.2) is 0 Å². The van der Waals surface area contributed by atoms with E-state index in [9.17, 15) is 4.79 Å². The van der Waals surface area contributed by atoms with Gasteiger partial charge in [0.15, 0.2) is 6.61 Å². The van der Waals surface area contributed by atoms with Crippen LogP contribution in [0, 0.1) is 6.92 Å². The second-order valence-corrected chi connectivity index (χ2v) is 6.64. The maximum Gasteiger partial charge on any atom is 0.258 e. The highest BCUT2D eigenvalue weighted by Gasteiger charge is 2.16. The summed E-state index contributed by atoms with van der Waals surface area (Å²) in [5, 5.41) is 2.97. The van der Waals surface area contributed by atoms with Gasteiger partial charge >= 0.3 is 0 Å². The number of rotatable bonds is 7. The standard InChI is InChI=1S/C21H26N2O3/c1-17-6-2-5-9-20(17)26-16-21(24)22-14-18-7-3-4-8-19(18)15-23-10-12-25-13-11-23/h2-9H,10-16H2,1H3,(H,22,24)/p+1. The van der Waals surface area contributed by atoms with Crippen LogP contribution in [0.3, 0.4) is 0 Å². The lowest BCUT2D eigenvalue weighted by atomic mass is 10.1. The molecule has 0 saturated carbocycles. The van der Waals surface area contributed by atoms with Gasteiger partial charge in [-0.1, -0.05) is 42.5 Å². The van der Waals surface area contributed by atoms with E-state index in [4.69, 9.17) is 9.47 Å². The Balaban J connectivity index is 1.51. The van der Waals surface area contributed by atoms with Crippen LogP contribution in [0.2, 0.25) is 0 Å². The molecule has 138 valence electrons. The maximum atomic E-state index is 12.1. The Labute approximate surface area is 154 Å². The highest BCUT2D eigenvalue weighted by molar-refractivity contribution is 5.77. The van der Waals surface area contributed by atoms with E-state index in [1.165, 1.54) is 10.5 Å². The molecule has 1 heterocycles. The lowest BCUT2D eigenvalue weighted by molar-refractivity contribution is -0.921. The third-order valence-corrected chi connectivity index (χ3v) is 4.69. The zero-order valence-electron chi connectivity index (χ0n) is 15.3. The molecular formula is C21H27N2O3+. The van der Waals surface area contributed by atoms with Crippen molar-refractivity contribution in [3.05, 3.63) is 65.2 Å². The summed E-state index contributed by atoms with van der Waals surface area (Å²) >= 11 is 0. The van der Waals surface area contributed by atoms with Crippen LogP contribution in [0.1, 0.15) is 16.7 Å². The van der Waals surface area contributed by atoms with Crippen LogP contribution in [0.25, 0.3) is 0 Å². The lowest BCUT2D eigenvalue weighted by Crippen LogP contribution is -3.12. The van der Waals surface area contributed by atoms with Gasteiger partial charge in [0.2, 0.25) is 0 Å². The molecule has 5 heteroatoms. The van der Waals surface area contributed by atoms with Crippen molar-refractivity contribution in [1.29, 1.82) is 0 Å². The van der Waals surface area contributed by atoms with E-state index in [0.717, 1.165) is 49.7 Å². The zero-order valence-corrected chi connectivity index (χ0v) is 15.3. The summed E-state index contributed by atoms with van der Waals surface area (Å²) in [6.45, 7) is 7.20. The molecule has 0 aromatic heterocycles. The average molecular weight is 355 g/mol. The van der Waals surface area contributed by atoms with Crippen molar-refractivity contribution in [2.75, 3.05) is 32.9 Å². The van der Waals surface area contributed by atoms with Gasteiger partial charge in [0.25, 0.3) is 5.91 Å². The Kier molecular flexibility index (Phi) is 6.63. The van der Waals surface area contributed by atoms with Crippen LogP contribution in [0.4, 0.5) is 0 Å². The molecule has 2 aromatic carbocycles. The summed E-state index contributed by atoms with van der Waals surface area (Å²) in [7, 11) is 0. The van der Waals surface area contributed by atoms with Crippen molar-refractivity contribution >= 4 is 5.91 Å². The zero-order chi connectivity index (χ0) is 18.2. The van der Waals surface area contributed by atoms with Crippen molar-refractivity contribution in [2.24, 2.45) is 0 Å². The highest BCUT2D eigenvalue weighted by Crippen LogP contribution is 2.15. The lowest BCUT2D eigenvalue weighted by Gasteiger charge is -2.24. The van der Waals surface area contributed by atoms with Crippen molar-refractivity contribution < 1.29 is 19.2 Å². The monoisotopic (exact) mass is 355 g/mol. The van der Waals surface area contributed by atoms with Crippen LogP contribution in [0.15, 0.2) is 48.5 Å². The summed E-state index contributed by atoms with van der Waals surface area (Å²) in [5.74, 6) is 0.640. The van der Waals surface area contributed by atoms with Crippen LogP contribution < -0.4 is 15.0 Å². The topological polar surface area (TPSA) is 52.0 Å². The molecule has 0 bridgehead atoms. The summed E-state index contributed by atoms with van der Waals surface area (Å²) in [5.41, 5.74) is 3.47. The molecule has 0 unspecified atom stereocenters. The SMILES string of the molecule is Cc1ccccc1OCC(=O)NCc1ccccc1C[NH+]1CCOCC1. The Morgan fingerprint density at radius 3 is 2.54 bits per heavy atom. The molecule has 1 aliphatic rings. The number of morpholine rings is 1. The Hall–Kier alpha value is -2.37. The van der Waals surface area contributed by atoms with E-state index in [2.05, 4.69) is 23.5 Å². The molecule has 0 atom stereocenters. The normalized spacial score (nSPS) is 14.8. The molecule has 0 aliphatic carbocycles. The van der Waals surface area contributed by atoms with E-state index in [1.54, 1.807) is 0 Å². The first-order chi connectivity index (χ1) is 12.7. The van der Waals surface area contributed by atoms with Gasteiger partial charge in [0, 0.05) is 12.1 Å². The molecule has 1 saturated heterocycles. The van der Waals surface area contributed by atoms with E-state index in [-0.39, 0.29) is 12.5 Å². The van der Waals surface area contributed by atoms with Gasteiger partial charge in [-0.3, -0.25) is 4.79 Å². The second kappa shape index (κ2) is 9.36. The first kappa shape index (κ1) is 18.4. The fourth-order valence-corrected chi connectivity index (χ4v) is 3.12. The van der Waals surface area contributed by atoms with Gasteiger partial charge in [-0.2, -0.15) is 0 Å². The first-order valence-electron chi connectivity index (χ1n) is 9.15. The number of carbonyl (C=O) groups excluding carboxylic acids is 1. The predicted molar refractivity (Wildman–Crippen MR) is 100 cm³/mol. The molecule has 1 fully saturated rings. The van der Waals surface area contributed by atoms with Crippen LogP contribution in [-0.2, 0) is 22.6 Å². The van der Waals surface area contributed by atoms with Gasteiger partial charge in [0.05, 0.1) is 13.2 Å². The van der Waals surface area contributed by atoms with E-state index >= 15 is 0 Å². The molecule has 2 aromatic rings. The molecule has 1 amide bonds. The van der Waals surface area contributed by atoms with Crippen molar-refractivity contribution in [2.45, 2.75) is 20.0 Å². The van der Waals surface area contributed by atoms with Crippen molar-refractivity contribution in [3.8, 4) is 5.75 Å². The van der Waals surface area contributed by atoms with Crippen LogP contribution in [-0.4, -0.2) is 38.8 Å². The van der Waals surface area contributed by atoms with Crippen LogP contribution >= 0.6 is 0 Å². The number of nitrogens with one attached hydrogen (secondary N) is 2. The molecular weight excluding hydrogens is 328 g/mol. The number of carbonyl (C=O) groups is 1. The molecule has 0 spiro atoms. The van der Waals surface area contributed by atoms with Gasteiger partial charge in [0.1, 0.15) is 25.4 Å². The van der Waals surface area contributed by atoms with Gasteiger partial charge in [-0.15, -0.1) is 0 Å². The number of ether oxygens (including phenoxy) is 2. The first-order valence-corrected chi connectivity index (χ1v) is 9.15. The summed E-state index contributed by atoms with van der Waals surface area (Å²) in [6.07, 6.45) is 0. The van der Waals surface area contributed by atoms with Crippen LogP contribution in [0.5, 0.6) is 5.75 Å². The minimum atomic E-state index is -0.109. The third-order valence-electron chi connectivity index (χ3n) is 4.69. The third kappa shape index (κ3) is 5.31. The molecule has 3 rings (SSSR count). The minimum absolute atomic E-state index is 0.0295. The van der Waals surface area contributed by atoms with Gasteiger partial charge in [-0.05, 0) is 24.1 Å². The summed E-state index contributed by atoms with van der Waals surface area (Å²) in [6, 6.07) is 16.0. The molecule has 0 radical (unpaired) electrons. The van der Waals surface area contributed by atoms with E-state index < -0.39 is 0 Å². The molecule has 1 aliphatic heterocycles. The van der Waals surface area contributed by atoms with E-state index in [0.29, 0.717) is 6.54 Å². The number of benzene rings is 2. The number of amides is 1. The minimum Gasteiger partial charge on any atom is -0.484 e. The maximum absolute atomic E-state index is 12.1.